The SMILES string of the molecule is CNc1cc(C(c2ccc(Cl)cc2)n2ccnc2)ccc1N. The maximum Gasteiger partial charge on any atom is 0.0954 e. The fourth-order valence-corrected chi connectivity index (χ4v) is 2.69. The highest BCUT2D eigenvalue weighted by Gasteiger charge is 2.17. The minimum atomic E-state index is 0.0208. The average Bonchev–Trinajstić information content (AvgIpc) is 3.05. The summed E-state index contributed by atoms with van der Waals surface area (Å²) in [5, 5.41) is 3.85. The minimum absolute atomic E-state index is 0.0208. The number of hydrogen-bond acceptors (Lipinski definition) is 3. The lowest BCUT2D eigenvalue weighted by Gasteiger charge is -2.21. The summed E-state index contributed by atoms with van der Waals surface area (Å²) < 4.78 is 2.06. The van der Waals surface area contributed by atoms with Crippen molar-refractivity contribution in [3.05, 3.63) is 77.3 Å². The lowest BCUT2D eigenvalue weighted by atomic mass is 9.97. The van der Waals surface area contributed by atoms with Gasteiger partial charge in [-0.3, -0.25) is 0 Å². The van der Waals surface area contributed by atoms with Gasteiger partial charge in [0.2, 0.25) is 0 Å². The second-order valence-electron chi connectivity index (χ2n) is 5.06. The van der Waals surface area contributed by atoms with Gasteiger partial charge in [0.1, 0.15) is 0 Å². The Morgan fingerprint density at radius 2 is 1.86 bits per heavy atom. The summed E-state index contributed by atoms with van der Waals surface area (Å²) in [7, 11) is 1.87. The van der Waals surface area contributed by atoms with Crippen molar-refractivity contribution >= 4 is 23.0 Å². The lowest BCUT2D eigenvalue weighted by Crippen LogP contribution is -2.11. The quantitative estimate of drug-likeness (QED) is 0.720. The number of nitrogens with one attached hydrogen (secondary N) is 1. The molecule has 0 saturated heterocycles. The molecule has 3 N–H and O–H groups in total. The number of halogens is 1. The van der Waals surface area contributed by atoms with E-state index in [1.807, 2.05) is 56.0 Å². The van der Waals surface area contributed by atoms with Gasteiger partial charge in [0.15, 0.2) is 0 Å². The van der Waals surface area contributed by atoms with Gasteiger partial charge in [-0.25, -0.2) is 4.98 Å². The first-order chi connectivity index (χ1) is 10.7. The van der Waals surface area contributed by atoms with Crippen molar-refractivity contribution in [2.75, 3.05) is 18.1 Å². The van der Waals surface area contributed by atoms with Gasteiger partial charge in [-0.1, -0.05) is 29.8 Å². The molecule has 0 aliphatic heterocycles. The van der Waals surface area contributed by atoms with Crippen molar-refractivity contribution in [3.63, 3.8) is 0 Å². The minimum Gasteiger partial charge on any atom is -0.397 e. The number of hydrogen-bond donors (Lipinski definition) is 2. The molecule has 1 unspecified atom stereocenters. The van der Waals surface area contributed by atoms with Gasteiger partial charge in [0, 0.05) is 24.5 Å². The second-order valence-corrected chi connectivity index (χ2v) is 5.50. The maximum absolute atomic E-state index is 6.01. The number of rotatable bonds is 4. The first-order valence-electron chi connectivity index (χ1n) is 6.99. The van der Waals surface area contributed by atoms with Gasteiger partial charge in [-0.2, -0.15) is 0 Å². The third kappa shape index (κ3) is 2.78. The van der Waals surface area contributed by atoms with E-state index >= 15 is 0 Å². The Morgan fingerprint density at radius 3 is 2.50 bits per heavy atom. The molecule has 5 heteroatoms. The second kappa shape index (κ2) is 6.12. The molecular formula is C17H17ClN4. The topological polar surface area (TPSA) is 55.9 Å². The highest BCUT2D eigenvalue weighted by Crippen LogP contribution is 2.31. The first kappa shape index (κ1) is 14.5. The van der Waals surface area contributed by atoms with Crippen molar-refractivity contribution < 1.29 is 0 Å². The highest BCUT2D eigenvalue weighted by molar-refractivity contribution is 6.30. The van der Waals surface area contributed by atoms with E-state index in [0.717, 1.165) is 27.5 Å². The van der Waals surface area contributed by atoms with E-state index in [2.05, 4.69) is 20.9 Å². The molecule has 1 heterocycles. The molecule has 1 atom stereocenters. The van der Waals surface area contributed by atoms with Crippen LogP contribution in [0.5, 0.6) is 0 Å². The molecule has 0 spiro atoms. The Balaban J connectivity index is 2.12. The summed E-state index contributed by atoms with van der Waals surface area (Å²) in [5.41, 5.74) is 9.88. The van der Waals surface area contributed by atoms with Gasteiger partial charge in [0.25, 0.3) is 0 Å². The van der Waals surface area contributed by atoms with E-state index < -0.39 is 0 Å². The zero-order valence-electron chi connectivity index (χ0n) is 12.2. The van der Waals surface area contributed by atoms with Crippen molar-refractivity contribution in [2.45, 2.75) is 6.04 Å². The fourth-order valence-electron chi connectivity index (χ4n) is 2.56. The Hall–Kier alpha value is -2.46. The van der Waals surface area contributed by atoms with Crippen LogP contribution in [0.15, 0.2) is 61.2 Å². The predicted molar refractivity (Wildman–Crippen MR) is 91.3 cm³/mol. The molecule has 3 aromatic rings. The molecule has 0 amide bonds. The van der Waals surface area contributed by atoms with Crippen LogP contribution in [0, 0.1) is 0 Å². The van der Waals surface area contributed by atoms with Gasteiger partial charge in [-0.15, -0.1) is 0 Å². The zero-order valence-corrected chi connectivity index (χ0v) is 13.0. The molecule has 22 heavy (non-hydrogen) atoms. The molecule has 0 saturated carbocycles. The third-order valence-electron chi connectivity index (χ3n) is 3.67. The monoisotopic (exact) mass is 312 g/mol. The molecule has 3 rings (SSSR count). The standard InChI is InChI=1S/C17H17ClN4/c1-20-16-10-13(4-7-15(16)19)17(22-9-8-21-11-22)12-2-5-14(18)6-3-12/h2-11,17,20H,19H2,1H3. The van der Waals surface area contributed by atoms with E-state index in [-0.39, 0.29) is 6.04 Å². The number of imidazole rings is 1. The smallest absolute Gasteiger partial charge is 0.0954 e. The number of nitrogens with two attached hydrogens (primary N) is 1. The Kier molecular flexibility index (Phi) is 4.02. The van der Waals surface area contributed by atoms with Gasteiger partial charge in [0.05, 0.1) is 23.7 Å². The number of aromatic nitrogens is 2. The number of anilines is 2. The van der Waals surface area contributed by atoms with Crippen LogP contribution in [0.4, 0.5) is 11.4 Å². The van der Waals surface area contributed by atoms with Crippen LogP contribution < -0.4 is 11.1 Å². The molecule has 0 aliphatic carbocycles. The number of nitrogens with zero attached hydrogens (tertiary/aromatic N) is 2. The summed E-state index contributed by atoms with van der Waals surface area (Å²) in [6.45, 7) is 0. The van der Waals surface area contributed by atoms with Crippen LogP contribution in [0.3, 0.4) is 0 Å². The zero-order chi connectivity index (χ0) is 15.5. The van der Waals surface area contributed by atoms with E-state index in [9.17, 15) is 0 Å². The number of nitrogen functional groups attached to an aromatic ring is 1. The summed E-state index contributed by atoms with van der Waals surface area (Å²) in [6.07, 6.45) is 5.54. The summed E-state index contributed by atoms with van der Waals surface area (Å²) in [4.78, 5) is 4.17. The molecule has 0 bridgehead atoms. The van der Waals surface area contributed by atoms with Crippen LogP contribution in [0.2, 0.25) is 5.02 Å². The van der Waals surface area contributed by atoms with Gasteiger partial charge in [-0.05, 0) is 35.4 Å². The van der Waals surface area contributed by atoms with E-state index in [4.69, 9.17) is 17.3 Å². The van der Waals surface area contributed by atoms with Crippen LogP contribution in [0.1, 0.15) is 17.2 Å². The van der Waals surface area contributed by atoms with Crippen LogP contribution in [0.25, 0.3) is 0 Å². The predicted octanol–water partition coefficient (Wildman–Crippen LogP) is 3.80. The Morgan fingerprint density at radius 1 is 1.14 bits per heavy atom. The maximum atomic E-state index is 6.01. The number of benzene rings is 2. The molecule has 4 nitrogen and oxygen atoms in total. The fraction of sp³-hybridized carbons (Fsp3) is 0.118. The van der Waals surface area contributed by atoms with Crippen molar-refractivity contribution in [1.29, 1.82) is 0 Å². The molecular weight excluding hydrogens is 296 g/mol. The molecule has 0 aliphatic rings. The van der Waals surface area contributed by atoms with Crippen LogP contribution >= 0.6 is 11.6 Å². The molecule has 1 aromatic heterocycles. The molecule has 2 aromatic carbocycles. The highest BCUT2D eigenvalue weighted by atomic mass is 35.5. The first-order valence-corrected chi connectivity index (χ1v) is 7.37. The third-order valence-corrected chi connectivity index (χ3v) is 3.92. The summed E-state index contributed by atoms with van der Waals surface area (Å²) in [6, 6.07) is 13.9. The van der Waals surface area contributed by atoms with Crippen molar-refractivity contribution in [3.8, 4) is 0 Å². The van der Waals surface area contributed by atoms with Gasteiger partial charge >= 0.3 is 0 Å². The normalized spacial score (nSPS) is 12.1. The van der Waals surface area contributed by atoms with Crippen molar-refractivity contribution in [2.24, 2.45) is 0 Å². The Labute approximate surface area is 134 Å². The van der Waals surface area contributed by atoms with E-state index in [1.54, 1.807) is 6.20 Å². The summed E-state index contributed by atoms with van der Waals surface area (Å²) in [5.74, 6) is 0. The van der Waals surface area contributed by atoms with Crippen LogP contribution in [-0.2, 0) is 0 Å². The average molecular weight is 313 g/mol. The van der Waals surface area contributed by atoms with Gasteiger partial charge < -0.3 is 15.6 Å². The van der Waals surface area contributed by atoms with E-state index in [1.165, 1.54) is 0 Å². The molecule has 0 fully saturated rings. The largest absolute Gasteiger partial charge is 0.397 e. The molecule has 112 valence electrons. The van der Waals surface area contributed by atoms with Crippen LogP contribution in [-0.4, -0.2) is 16.6 Å². The van der Waals surface area contributed by atoms with Crippen molar-refractivity contribution in [1.82, 2.24) is 9.55 Å². The summed E-state index contributed by atoms with van der Waals surface area (Å²) >= 11 is 6.01. The lowest BCUT2D eigenvalue weighted by molar-refractivity contribution is 0.677. The van der Waals surface area contributed by atoms with E-state index in [0.29, 0.717) is 0 Å². The molecule has 0 radical (unpaired) electrons. The Bertz CT molecular complexity index is 751.